The minimum absolute atomic E-state index is 0.0506. The van der Waals surface area contributed by atoms with Crippen LogP contribution in [-0.4, -0.2) is 11.9 Å². The fourth-order valence-electron chi connectivity index (χ4n) is 2.12. The number of hydrogen-bond acceptors (Lipinski definition) is 3. The zero-order chi connectivity index (χ0) is 11.7. The topological polar surface area (TPSA) is 55.4 Å². The Bertz CT molecular complexity index is 406. The molecule has 16 heavy (non-hydrogen) atoms. The average Bonchev–Trinajstić information content (AvgIpc) is 2.22. The number of rotatable bonds is 1. The lowest BCUT2D eigenvalue weighted by atomic mass is 9.87. The van der Waals surface area contributed by atoms with E-state index in [0.717, 1.165) is 17.7 Å². The van der Waals surface area contributed by atoms with Gasteiger partial charge in [0.05, 0.1) is 0 Å². The van der Waals surface area contributed by atoms with E-state index in [1.807, 2.05) is 6.08 Å². The number of carbonyl (C=O) groups is 2. The van der Waals surface area contributed by atoms with E-state index in [2.05, 4.69) is 12.2 Å². The van der Waals surface area contributed by atoms with Crippen LogP contribution in [0.3, 0.4) is 0 Å². The second-order valence-electron chi connectivity index (χ2n) is 4.24. The van der Waals surface area contributed by atoms with Crippen molar-refractivity contribution in [1.82, 2.24) is 5.32 Å². The molecule has 0 bridgehead atoms. The van der Waals surface area contributed by atoms with Gasteiger partial charge in [-0.15, -0.1) is 0 Å². The maximum atomic E-state index is 11.3. The van der Waals surface area contributed by atoms with Crippen molar-refractivity contribution in [3.05, 3.63) is 23.1 Å². The van der Waals surface area contributed by atoms with Crippen LogP contribution in [-0.2, 0) is 14.3 Å². The van der Waals surface area contributed by atoms with Crippen molar-refractivity contribution >= 4 is 11.9 Å². The van der Waals surface area contributed by atoms with Gasteiger partial charge in [-0.2, -0.15) is 0 Å². The smallest absolute Gasteiger partial charge is 0.308 e. The van der Waals surface area contributed by atoms with E-state index in [4.69, 9.17) is 4.74 Å². The van der Waals surface area contributed by atoms with Crippen LogP contribution in [0.25, 0.3) is 0 Å². The monoisotopic (exact) mass is 221 g/mol. The fourth-order valence-corrected chi connectivity index (χ4v) is 2.12. The summed E-state index contributed by atoms with van der Waals surface area (Å²) in [7, 11) is 0. The van der Waals surface area contributed by atoms with Gasteiger partial charge in [-0.25, -0.2) is 0 Å². The molecule has 2 aliphatic rings. The maximum absolute atomic E-state index is 11.3. The molecule has 1 aliphatic carbocycles. The van der Waals surface area contributed by atoms with Gasteiger partial charge in [-0.05, 0) is 18.9 Å². The summed E-state index contributed by atoms with van der Waals surface area (Å²) in [4.78, 5) is 22.3. The number of amides is 1. The Kier molecular flexibility index (Phi) is 2.81. The third-order valence-electron chi connectivity index (χ3n) is 2.90. The molecule has 0 fully saturated rings. The van der Waals surface area contributed by atoms with Crippen LogP contribution < -0.4 is 5.32 Å². The molecule has 1 atom stereocenters. The third kappa shape index (κ3) is 2.01. The first-order chi connectivity index (χ1) is 7.58. The van der Waals surface area contributed by atoms with Gasteiger partial charge in [-0.1, -0.05) is 6.92 Å². The van der Waals surface area contributed by atoms with Crippen LogP contribution in [0.1, 0.15) is 33.1 Å². The van der Waals surface area contributed by atoms with Gasteiger partial charge in [0.15, 0.2) is 0 Å². The molecule has 0 aromatic heterocycles. The predicted molar refractivity (Wildman–Crippen MR) is 58.0 cm³/mol. The first kappa shape index (κ1) is 10.9. The molecule has 0 aromatic carbocycles. The van der Waals surface area contributed by atoms with Gasteiger partial charge < -0.3 is 10.1 Å². The normalized spacial score (nSPS) is 24.5. The molecule has 4 heteroatoms. The number of hydrogen-bond donors (Lipinski definition) is 1. The highest BCUT2D eigenvalue weighted by atomic mass is 16.5. The Morgan fingerprint density at radius 1 is 1.50 bits per heavy atom. The molecule has 0 aromatic rings. The summed E-state index contributed by atoms with van der Waals surface area (Å²) < 4.78 is 5.16. The Labute approximate surface area is 94.3 Å². The van der Waals surface area contributed by atoms with Crippen LogP contribution in [0.2, 0.25) is 0 Å². The second-order valence-corrected chi connectivity index (χ2v) is 4.24. The van der Waals surface area contributed by atoms with Gasteiger partial charge in [-0.3, -0.25) is 9.59 Å². The lowest BCUT2D eigenvalue weighted by molar-refractivity contribution is -0.136. The van der Waals surface area contributed by atoms with Gasteiger partial charge in [0.2, 0.25) is 5.91 Å². The minimum atomic E-state index is -0.315. The summed E-state index contributed by atoms with van der Waals surface area (Å²) in [6, 6.07) is 0. The van der Waals surface area contributed by atoms with E-state index in [1.165, 1.54) is 6.92 Å². The standard InChI is InChI=1S/C12H15NO3/c1-7-3-5-10(16-8(2)14)9-4-6-11(15)13-12(7)9/h5,7H,3-4,6H2,1-2H3,(H,13,15). The molecule has 2 rings (SSSR count). The molecule has 0 radical (unpaired) electrons. The largest absolute Gasteiger partial charge is 0.427 e. The van der Waals surface area contributed by atoms with Crippen molar-refractivity contribution in [3.63, 3.8) is 0 Å². The van der Waals surface area contributed by atoms with Gasteiger partial charge >= 0.3 is 5.97 Å². The van der Waals surface area contributed by atoms with Crippen LogP contribution in [0.15, 0.2) is 23.1 Å². The molecule has 0 saturated carbocycles. The first-order valence-corrected chi connectivity index (χ1v) is 5.49. The lowest BCUT2D eigenvalue weighted by Crippen LogP contribution is -2.33. The Balaban J connectivity index is 2.29. The van der Waals surface area contributed by atoms with Crippen LogP contribution in [0, 0.1) is 5.92 Å². The SMILES string of the molecule is CC(=O)OC1=CCC(C)C2=C1CCC(=O)N2. The Hall–Kier alpha value is -1.58. The van der Waals surface area contributed by atoms with Crippen molar-refractivity contribution in [2.45, 2.75) is 33.1 Å². The zero-order valence-corrected chi connectivity index (χ0v) is 9.50. The first-order valence-electron chi connectivity index (χ1n) is 5.49. The van der Waals surface area contributed by atoms with E-state index in [9.17, 15) is 9.59 Å². The summed E-state index contributed by atoms with van der Waals surface area (Å²) in [6.45, 7) is 3.45. The third-order valence-corrected chi connectivity index (χ3v) is 2.90. The second kappa shape index (κ2) is 4.12. The number of esters is 1. The summed E-state index contributed by atoms with van der Waals surface area (Å²) in [5.41, 5.74) is 1.91. The summed E-state index contributed by atoms with van der Waals surface area (Å²) in [5.74, 6) is 0.651. The van der Waals surface area contributed by atoms with Gasteiger partial charge in [0.25, 0.3) is 0 Å². The predicted octanol–water partition coefficient (Wildman–Crippen LogP) is 1.64. The van der Waals surface area contributed by atoms with Crippen molar-refractivity contribution in [3.8, 4) is 0 Å². The molecule has 1 aliphatic heterocycles. The Morgan fingerprint density at radius 3 is 2.94 bits per heavy atom. The molecule has 86 valence electrons. The molecular formula is C12H15NO3. The van der Waals surface area contributed by atoms with Crippen LogP contribution in [0.5, 0.6) is 0 Å². The minimum Gasteiger partial charge on any atom is -0.427 e. The van der Waals surface area contributed by atoms with Crippen molar-refractivity contribution in [2.75, 3.05) is 0 Å². The number of nitrogens with one attached hydrogen (secondary N) is 1. The molecule has 1 amide bonds. The summed E-state index contributed by atoms with van der Waals surface area (Å²) >= 11 is 0. The molecule has 0 spiro atoms. The highest BCUT2D eigenvalue weighted by molar-refractivity contribution is 5.80. The van der Waals surface area contributed by atoms with Crippen LogP contribution >= 0.6 is 0 Å². The molecule has 1 heterocycles. The van der Waals surface area contributed by atoms with Gasteiger partial charge in [0.1, 0.15) is 5.76 Å². The van der Waals surface area contributed by atoms with E-state index < -0.39 is 0 Å². The number of allylic oxidation sites excluding steroid dienone is 3. The zero-order valence-electron chi connectivity index (χ0n) is 9.50. The quantitative estimate of drug-likeness (QED) is 0.685. The summed E-state index contributed by atoms with van der Waals surface area (Å²) in [5, 5.41) is 2.88. The van der Waals surface area contributed by atoms with Gasteiger partial charge in [0, 0.05) is 30.5 Å². The number of carbonyl (C=O) groups excluding carboxylic acids is 2. The van der Waals surface area contributed by atoms with E-state index in [0.29, 0.717) is 24.5 Å². The average molecular weight is 221 g/mol. The summed E-state index contributed by atoms with van der Waals surface area (Å²) in [6.07, 6.45) is 3.85. The molecule has 0 saturated heterocycles. The Morgan fingerprint density at radius 2 is 2.25 bits per heavy atom. The van der Waals surface area contributed by atoms with E-state index in [-0.39, 0.29) is 11.9 Å². The fraction of sp³-hybridized carbons (Fsp3) is 0.500. The highest BCUT2D eigenvalue weighted by Gasteiger charge is 2.28. The highest BCUT2D eigenvalue weighted by Crippen LogP contribution is 2.34. The molecule has 4 nitrogen and oxygen atoms in total. The lowest BCUT2D eigenvalue weighted by Gasteiger charge is -2.29. The van der Waals surface area contributed by atoms with E-state index >= 15 is 0 Å². The number of ether oxygens (including phenoxy) is 1. The maximum Gasteiger partial charge on any atom is 0.308 e. The molecular weight excluding hydrogens is 206 g/mol. The van der Waals surface area contributed by atoms with Crippen LogP contribution in [0.4, 0.5) is 0 Å². The molecule has 1 N–H and O–H groups in total. The van der Waals surface area contributed by atoms with Crippen molar-refractivity contribution in [2.24, 2.45) is 5.92 Å². The van der Waals surface area contributed by atoms with Crippen molar-refractivity contribution < 1.29 is 14.3 Å². The van der Waals surface area contributed by atoms with E-state index in [1.54, 1.807) is 0 Å². The molecule has 1 unspecified atom stereocenters. The van der Waals surface area contributed by atoms with Crippen molar-refractivity contribution in [1.29, 1.82) is 0 Å².